The molecule has 1 aliphatic rings. The van der Waals surface area contributed by atoms with Crippen molar-refractivity contribution in [3.05, 3.63) is 0 Å². The summed E-state index contributed by atoms with van der Waals surface area (Å²) in [5, 5.41) is 11.8. The average molecular weight is 283 g/mol. The molecule has 0 aromatic heterocycles. The molecule has 20 heavy (non-hydrogen) atoms. The van der Waals surface area contributed by atoms with Gasteiger partial charge in [0.25, 0.3) is 0 Å². The first kappa shape index (κ1) is 17.0. The van der Waals surface area contributed by atoms with Crippen LogP contribution in [-0.4, -0.2) is 23.5 Å². The van der Waals surface area contributed by atoms with E-state index in [4.69, 9.17) is 5.11 Å². The Labute approximate surface area is 122 Å². The summed E-state index contributed by atoms with van der Waals surface area (Å²) in [6.07, 6.45) is 8.00. The second kappa shape index (κ2) is 7.65. The fourth-order valence-corrected chi connectivity index (χ4v) is 2.73. The Kier molecular flexibility index (Phi) is 6.50. The molecule has 0 atom stereocenters. The van der Waals surface area contributed by atoms with Crippen molar-refractivity contribution in [2.24, 2.45) is 17.3 Å². The predicted octanol–water partition coefficient (Wildman–Crippen LogP) is 3.21. The van der Waals surface area contributed by atoms with Crippen LogP contribution in [0.15, 0.2) is 0 Å². The van der Waals surface area contributed by atoms with Crippen LogP contribution >= 0.6 is 0 Å². The molecule has 0 radical (unpaired) electrons. The van der Waals surface area contributed by atoms with Gasteiger partial charge in [-0.1, -0.05) is 26.2 Å². The molecular formula is C16H29NO3. The van der Waals surface area contributed by atoms with Gasteiger partial charge in [-0.3, -0.25) is 9.59 Å². The molecule has 4 nitrogen and oxygen atoms in total. The first-order valence-corrected chi connectivity index (χ1v) is 7.88. The average Bonchev–Trinajstić information content (AvgIpc) is 2.43. The maximum Gasteiger partial charge on any atom is 0.310 e. The highest BCUT2D eigenvalue weighted by atomic mass is 16.4. The van der Waals surface area contributed by atoms with Gasteiger partial charge in [0, 0.05) is 12.5 Å². The Morgan fingerprint density at radius 3 is 2.30 bits per heavy atom. The third-order valence-corrected chi connectivity index (χ3v) is 4.47. The van der Waals surface area contributed by atoms with Crippen LogP contribution in [0.4, 0.5) is 0 Å². The number of carboxylic acid groups (broad SMARTS) is 1. The number of rotatable bonds is 7. The monoisotopic (exact) mass is 283 g/mol. The summed E-state index contributed by atoms with van der Waals surface area (Å²) < 4.78 is 0. The molecule has 1 amide bonds. The molecule has 1 fully saturated rings. The van der Waals surface area contributed by atoms with Crippen molar-refractivity contribution in [1.29, 1.82) is 0 Å². The predicted molar refractivity (Wildman–Crippen MR) is 79.4 cm³/mol. The van der Waals surface area contributed by atoms with Crippen LogP contribution in [0.5, 0.6) is 0 Å². The fourth-order valence-electron chi connectivity index (χ4n) is 2.73. The molecule has 0 aromatic rings. The molecule has 1 aliphatic carbocycles. The number of hydrogen-bond acceptors (Lipinski definition) is 2. The third-order valence-electron chi connectivity index (χ3n) is 4.47. The Morgan fingerprint density at radius 2 is 1.80 bits per heavy atom. The lowest BCUT2D eigenvalue weighted by Gasteiger charge is -2.28. The molecule has 2 N–H and O–H groups in total. The number of carbonyl (C=O) groups is 2. The van der Waals surface area contributed by atoms with Gasteiger partial charge in [0.1, 0.15) is 0 Å². The van der Waals surface area contributed by atoms with Crippen molar-refractivity contribution in [2.75, 3.05) is 6.54 Å². The van der Waals surface area contributed by atoms with E-state index in [9.17, 15) is 9.59 Å². The third kappa shape index (κ3) is 5.14. The summed E-state index contributed by atoms with van der Waals surface area (Å²) in [7, 11) is 0. The number of unbranched alkanes of at least 4 members (excludes halogenated alkanes) is 1. The zero-order valence-electron chi connectivity index (χ0n) is 13.1. The number of amides is 1. The number of aliphatic carboxylic acids is 1. The second-order valence-electron chi connectivity index (χ2n) is 6.77. The Bertz CT molecular complexity index is 331. The van der Waals surface area contributed by atoms with Crippen LogP contribution in [-0.2, 0) is 9.59 Å². The molecule has 116 valence electrons. The quantitative estimate of drug-likeness (QED) is 0.754. The van der Waals surface area contributed by atoms with Gasteiger partial charge in [-0.25, -0.2) is 0 Å². The van der Waals surface area contributed by atoms with E-state index in [2.05, 4.69) is 12.2 Å². The van der Waals surface area contributed by atoms with E-state index in [0.717, 1.165) is 31.6 Å². The number of nitrogens with one attached hydrogen (secondary N) is 1. The van der Waals surface area contributed by atoms with Crippen molar-refractivity contribution in [1.82, 2.24) is 5.32 Å². The lowest BCUT2D eigenvalue weighted by Crippen LogP contribution is -2.42. The van der Waals surface area contributed by atoms with Crippen molar-refractivity contribution in [3.8, 4) is 0 Å². The zero-order valence-corrected chi connectivity index (χ0v) is 13.1. The van der Waals surface area contributed by atoms with Gasteiger partial charge < -0.3 is 10.4 Å². The van der Waals surface area contributed by atoms with Gasteiger partial charge in [-0.05, 0) is 45.4 Å². The number of hydrogen-bond donors (Lipinski definition) is 2. The van der Waals surface area contributed by atoms with E-state index in [0.29, 0.717) is 0 Å². The number of carboxylic acids is 1. The van der Waals surface area contributed by atoms with Gasteiger partial charge in [0.15, 0.2) is 0 Å². The maximum absolute atomic E-state index is 12.1. The highest BCUT2D eigenvalue weighted by molar-refractivity contribution is 5.80. The molecular weight excluding hydrogens is 254 g/mol. The lowest BCUT2D eigenvalue weighted by molar-refractivity contribution is -0.146. The summed E-state index contributed by atoms with van der Waals surface area (Å²) >= 11 is 0. The lowest BCUT2D eigenvalue weighted by atomic mass is 9.79. The van der Waals surface area contributed by atoms with Crippen molar-refractivity contribution >= 4 is 11.9 Å². The molecule has 0 saturated heterocycles. The first-order valence-electron chi connectivity index (χ1n) is 7.88. The van der Waals surface area contributed by atoms with Gasteiger partial charge in [-0.15, -0.1) is 0 Å². The second-order valence-corrected chi connectivity index (χ2v) is 6.77. The minimum Gasteiger partial charge on any atom is -0.481 e. The zero-order chi connectivity index (χ0) is 15.2. The first-order chi connectivity index (χ1) is 9.36. The normalized spacial score (nSPS) is 23.4. The Morgan fingerprint density at radius 1 is 1.20 bits per heavy atom. The molecule has 0 bridgehead atoms. The molecule has 0 heterocycles. The van der Waals surface area contributed by atoms with Gasteiger partial charge in [0.05, 0.1) is 5.41 Å². The van der Waals surface area contributed by atoms with Gasteiger partial charge >= 0.3 is 5.97 Å². The Hall–Kier alpha value is -1.06. The van der Waals surface area contributed by atoms with E-state index in [-0.39, 0.29) is 18.4 Å². The van der Waals surface area contributed by atoms with Gasteiger partial charge in [0.2, 0.25) is 5.91 Å². The standard InChI is InChI=1S/C16H29NO3/c1-4-5-6-12-7-9-13(10-8-12)14(18)17-11-16(2,3)15(19)20/h12-13H,4-11H2,1-3H3,(H,17,18)(H,19,20). The van der Waals surface area contributed by atoms with E-state index >= 15 is 0 Å². The van der Waals surface area contributed by atoms with Crippen molar-refractivity contribution in [2.45, 2.75) is 65.7 Å². The summed E-state index contributed by atoms with van der Waals surface area (Å²) in [6.45, 7) is 5.69. The van der Waals surface area contributed by atoms with Crippen LogP contribution in [0.2, 0.25) is 0 Å². The summed E-state index contributed by atoms with van der Waals surface area (Å²) in [4.78, 5) is 23.1. The van der Waals surface area contributed by atoms with Gasteiger partial charge in [-0.2, -0.15) is 0 Å². The molecule has 1 saturated carbocycles. The van der Waals surface area contributed by atoms with E-state index in [1.54, 1.807) is 13.8 Å². The largest absolute Gasteiger partial charge is 0.481 e. The maximum atomic E-state index is 12.1. The van der Waals surface area contributed by atoms with Crippen LogP contribution in [0.3, 0.4) is 0 Å². The summed E-state index contributed by atoms with van der Waals surface area (Å²) in [5.74, 6) is 0.0290. The molecule has 0 spiro atoms. The topological polar surface area (TPSA) is 66.4 Å². The molecule has 1 rings (SSSR count). The van der Waals surface area contributed by atoms with Crippen LogP contribution in [0.1, 0.15) is 65.7 Å². The molecule has 0 unspecified atom stereocenters. The highest BCUT2D eigenvalue weighted by Crippen LogP contribution is 2.32. The van der Waals surface area contributed by atoms with Crippen LogP contribution in [0, 0.1) is 17.3 Å². The molecule has 0 aromatic carbocycles. The van der Waals surface area contributed by atoms with Crippen molar-refractivity contribution in [3.63, 3.8) is 0 Å². The smallest absolute Gasteiger partial charge is 0.310 e. The summed E-state index contributed by atoms with van der Waals surface area (Å²) in [5.41, 5.74) is -0.895. The van der Waals surface area contributed by atoms with Crippen molar-refractivity contribution < 1.29 is 14.7 Å². The van der Waals surface area contributed by atoms with Crippen LogP contribution < -0.4 is 5.32 Å². The van der Waals surface area contributed by atoms with E-state index in [1.165, 1.54) is 19.3 Å². The fraction of sp³-hybridized carbons (Fsp3) is 0.875. The summed E-state index contributed by atoms with van der Waals surface area (Å²) in [6, 6.07) is 0. The Balaban J connectivity index is 2.31. The minimum atomic E-state index is -0.895. The molecule has 0 aliphatic heterocycles. The van der Waals surface area contributed by atoms with Crippen LogP contribution in [0.25, 0.3) is 0 Å². The number of carbonyl (C=O) groups excluding carboxylic acids is 1. The minimum absolute atomic E-state index is 0.0354. The van der Waals surface area contributed by atoms with E-state index < -0.39 is 11.4 Å². The van der Waals surface area contributed by atoms with E-state index in [1.807, 2.05) is 0 Å². The molecule has 4 heteroatoms. The highest BCUT2D eigenvalue weighted by Gasteiger charge is 2.30. The SMILES string of the molecule is CCCCC1CCC(C(=O)NCC(C)(C)C(=O)O)CC1.